The van der Waals surface area contributed by atoms with E-state index in [0.29, 0.717) is 5.57 Å². The fourth-order valence-corrected chi connectivity index (χ4v) is 0.942. The van der Waals surface area contributed by atoms with E-state index in [4.69, 9.17) is 4.55 Å². The molecule has 3 nitrogen and oxygen atoms in total. The molecule has 0 bridgehead atoms. The van der Waals surface area contributed by atoms with E-state index in [9.17, 15) is 4.79 Å². The van der Waals surface area contributed by atoms with Crippen LogP contribution < -0.4 is 4.72 Å². The summed E-state index contributed by atoms with van der Waals surface area (Å²) in [5, 5.41) is 0. The summed E-state index contributed by atoms with van der Waals surface area (Å²) in [7, 11) is -1.93. The maximum absolute atomic E-state index is 10.8. The summed E-state index contributed by atoms with van der Waals surface area (Å²) >= 11 is 0. The van der Waals surface area contributed by atoms with Crippen molar-refractivity contribution in [3.8, 4) is 0 Å². The van der Waals surface area contributed by atoms with Crippen LogP contribution in [0.1, 0.15) is 6.92 Å². The van der Waals surface area contributed by atoms with Crippen LogP contribution in [0.5, 0.6) is 0 Å². The third kappa shape index (κ3) is 4.40. The largest absolute Gasteiger partial charge is 0.334 e. The van der Waals surface area contributed by atoms with Crippen molar-refractivity contribution in [2.75, 3.05) is 12.5 Å². The van der Waals surface area contributed by atoms with Gasteiger partial charge < -0.3 is 4.55 Å². The van der Waals surface area contributed by atoms with Crippen molar-refractivity contribution < 1.29 is 9.35 Å². The molecular weight excluding hydrogens is 150 g/mol. The van der Waals surface area contributed by atoms with Gasteiger partial charge in [-0.3, -0.25) is 9.52 Å². The van der Waals surface area contributed by atoms with Crippen molar-refractivity contribution in [2.45, 2.75) is 6.92 Å². The van der Waals surface area contributed by atoms with Gasteiger partial charge in [-0.1, -0.05) is 17.1 Å². The molecule has 0 aliphatic heterocycles. The first-order valence-corrected chi connectivity index (χ1v) is 5.17. The van der Waals surface area contributed by atoms with Gasteiger partial charge in [-0.15, -0.1) is 0 Å². The van der Waals surface area contributed by atoms with Crippen LogP contribution in [0.25, 0.3) is 0 Å². The molecule has 0 rings (SSSR count). The van der Waals surface area contributed by atoms with Crippen molar-refractivity contribution in [1.82, 2.24) is 4.72 Å². The maximum atomic E-state index is 10.8. The first kappa shape index (κ1) is 9.52. The van der Waals surface area contributed by atoms with Crippen LogP contribution in [0.4, 0.5) is 0 Å². The topological polar surface area (TPSA) is 49.3 Å². The number of rotatable bonds is 2. The fourth-order valence-electron chi connectivity index (χ4n) is 0.314. The van der Waals surface area contributed by atoms with E-state index in [1.54, 1.807) is 19.4 Å². The van der Waals surface area contributed by atoms with Gasteiger partial charge >= 0.3 is 0 Å². The van der Waals surface area contributed by atoms with E-state index in [1.165, 1.54) is 0 Å². The van der Waals surface area contributed by atoms with Gasteiger partial charge in [0.15, 0.2) is 0 Å². The van der Waals surface area contributed by atoms with Gasteiger partial charge in [0.1, 0.15) is 0 Å². The predicted octanol–water partition coefficient (Wildman–Crippen LogP) is 1.13. The Morgan fingerprint density at radius 1 is 1.60 bits per heavy atom. The molecule has 0 fully saturated rings. The van der Waals surface area contributed by atoms with Crippen LogP contribution in [0.2, 0.25) is 0 Å². The van der Waals surface area contributed by atoms with E-state index in [-0.39, 0.29) is 5.91 Å². The lowest BCUT2D eigenvalue weighted by molar-refractivity contribution is -0.115. The van der Waals surface area contributed by atoms with Gasteiger partial charge in [-0.05, 0) is 6.92 Å². The van der Waals surface area contributed by atoms with Gasteiger partial charge in [0.2, 0.25) is 0 Å². The third-order valence-corrected chi connectivity index (χ3v) is 1.42. The molecule has 0 aliphatic carbocycles. The van der Waals surface area contributed by atoms with Crippen molar-refractivity contribution in [3.63, 3.8) is 0 Å². The lowest BCUT2D eigenvalue weighted by atomic mass is 10.3. The Labute approximate surface area is 62.8 Å². The molecule has 0 spiro atoms. The molecule has 0 aromatic rings. The number of hydrogen-bond donors (Lipinski definition) is 2. The summed E-state index contributed by atoms with van der Waals surface area (Å²) in [6.07, 6.45) is 3.15. The average Bonchev–Trinajstić information content (AvgIpc) is 1.60. The Balaban J connectivity index is 3.93. The number of carbonyl (C=O) groups is 1. The van der Waals surface area contributed by atoms with E-state index in [2.05, 4.69) is 11.3 Å². The molecule has 0 unspecified atom stereocenters. The van der Waals surface area contributed by atoms with Crippen LogP contribution in [0.15, 0.2) is 12.2 Å². The standard InChI is InChI=1S/C6H13NO2S/c1-5(2)6(8)7-10(3,4)9/h9H,1H2,2-4H3,(H,7,8). The Morgan fingerprint density at radius 2 is 2.00 bits per heavy atom. The highest BCUT2D eigenvalue weighted by Crippen LogP contribution is 2.27. The highest BCUT2D eigenvalue weighted by molar-refractivity contribution is 8.26. The summed E-state index contributed by atoms with van der Waals surface area (Å²) in [5.41, 5.74) is 0.412. The van der Waals surface area contributed by atoms with E-state index >= 15 is 0 Å². The summed E-state index contributed by atoms with van der Waals surface area (Å²) in [6, 6.07) is 0. The lowest BCUT2D eigenvalue weighted by Gasteiger charge is -2.24. The molecule has 0 saturated carbocycles. The molecule has 0 radical (unpaired) electrons. The van der Waals surface area contributed by atoms with Gasteiger partial charge in [0.05, 0.1) is 0 Å². The summed E-state index contributed by atoms with van der Waals surface area (Å²) in [6.45, 7) is 5.03. The first-order valence-electron chi connectivity index (χ1n) is 2.76. The Morgan fingerprint density at radius 3 is 2.10 bits per heavy atom. The number of hydrogen-bond acceptors (Lipinski definition) is 2. The van der Waals surface area contributed by atoms with Gasteiger partial charge in [0, 0.05) is 18.1 Å². The molecule has 1 amide bonds. The quantitative estimate of drug-likeness (QED) is 0.599. The second kappa shape index (κ2) is 3.07. The Bertz CT molecular complexity index is 160. The number of nitrogens with one attached hydrogen (secondary N) is 1. The SMILES string of the molecule is C=C(C)C(=O)NS(C)(C)O. The summed E-state index contributed by atoms with van der Waals surface area (Å²) < 4.78 is 11.6. The third-order valence-electron chi connectivity index (χ3n) is 0.730. The second-order valence-corrected chi connectivity index (χ2v) is 5.23. The van der Waals surface area contributed by atoms with E-state index in [1.807, 2.05) is 0 Å². The molecule has 0 aromatic carbocycles. The molecule has 60 valence electrons. The maximum Gasteiger partial charge on any atom is 0.256 e. The highest BCUT2D eigenvalue weighted by Gasteiger charge is 2.09. The average molecular weight is 163 g/mol. The molecule has 0 saturated heterocycles. The monoisotopic (exact) mass is 163 g/mol. The summed E-state index contributed by atoms with van der Waals surface area (Å²) in [4.78, 5) is 10.8. The van der Waals surface area contributed by atoms with Gasteiger partial charge in [-0.25, -0.2) is 0 Å². The zero-order valence-corrected chi connectivity index (χ0v) is 7.29. The Kier molecular flexibility index (Phi) is 2.93. The van der Waals surface area contributed by atoms with Crippen LogP contribution in [-0.4, -0.2) is 23.0 Å². The zero-order chi connectivity index (χ0) is 8.36. The Hall–Kier alpha value is -0.480. The minimum absolute atomic E-state index is 0.289. The van der Waals surface area contributed by atoms with Crippen LogP contribution in [0, 0.1) is 0 Å². The van der Waals surface area contributed by atoms with E-state index in [0.717, 1.165) is 0 Å². The molecular formula is C6H13NO2S. The molecule has 0 aliphatic rings. The van der Waals surface area contributed by atoms with Gasteiger partial charge in [-0.2, -0.15) is 0 Å². The molecule has 0 aromatic heterocycles. The summed E-state index contributed by atoms with van der Waals surface area (Å²) in [5.74, 6) is -0.289. The normalized spacial score (nSPS) is 12.4. The molecule has 0 atom stereocenters. The number of carbonyl (C=O) groups excluding carboxylic acids is 1. The minimum atomic E-state index is -1.93. The predicted molar refractivity (Wildman–Crippen MR) is 45.0 cm³/mol. The zero-order valence-electron chi connectivity index (χ0n) is 6.47. The van der Waals surface area contributed by atoms with Gasteiger partial charge in [0.25, 0.3) is 5.91 Å². The van der Waals surface area contributed by atoms with Crippen LogP contribution in [-0.2, 0) is 4.79 Å². The minimum Gasteiger partial charge on any atom is -0.334 e. The van der Waals surface area contributed by atoms with Crippen molar-refractivity contribution in [3.05, 3.63) is 12.2 Å². The second-order valence-electron chi connectivity index (χ2n) is 2.48. The van der Waals surface area contributed by atoms with E-state index < -0.39 is 10.5 Å². The van der Waals surface area contributed by atoms with Crippen molar-refractivity contribution >= 4 is 16.4 Å². The fraction of sp³-hybridized carbons (Fsp3) is 0.500. The first-order chi connectivity index (χ1) is 4.33. The lowest BCUT2D eigenvalue weighted by Crippen LogP contribution is -2.26. The molecule has 0 heterocycles. The molecule has 10 heavy (non-hydrogen) atoms. The van der Waals surface area contributed by atoms with Crippen molar-refractivity contribution in [2.24, 2.45) is 0 Å². The number of amides is 1. The smallest absolute Gasteiger partial charge is 0.256 e. The van der Waals surface area contributed by atoms with Crippen LogP contribution >= 0.6 is 10.5 Å². The van der Waals surface area contributed by atoms with Crippen molar-refractivity contribution in [1.29, 1.82) is 0 Å². The van der Waals surface area contributed by atoms with Crippen LogP contribution in [0.3, 0.4) is 0 Å². The molecule has 4 heteroatoms. The molecule has 2 N–H and O–H groups in total. The highest BCUT2D eigenvalue weighted by atomic mass is 32.3.